The van der Waals surface area contributed by atoms with Crippen molar-refractivity contribution in [3.8, 4) is 0 Å². The molecule has 16 nitrogen and oxygen atoms in total. The van der Waals surface area contributed by atoms with E-state index in [0.29, 0.717) is 71.3 Å². The maximum Gasteiger partial charge on any atom is 0.265 e. The van der Waals surface area contributed by atoms with Crippen LogP contribution in [0.25, 0.3) is 0 Å². The normalized spacial score (nSPS) is 18.0. The minimum Gasteiger partial charge on any atom is -0.368 e. The van der Waals surface area contributed by atoms with Gasteiger partial charge in [0, 0.05) is 95.3 Å². The van der Waals surface area contributed by atoms with Crippen molar-refractivity contribution in [1.82, 2.24) is 14.7 Å². The molecular weight excluding hydrogens is 1050 g/mol. The van der Waals surface area contributed by atoms with Crippen LogP contribution in [0.3, 0.4) is 0 Å². The Kier molecular flexibility index (Phi) is 22.3. The van der Waals surface area contributed by atoms with Gasteiger partial charge in [0.25, 0.3) is 19.1 Å². The quantitative estimate of drug-likeness (QED) is 0.125. The molecule has 4 aliphatic heterocycles. The van der Waals surface area contributed by atoms with Crippen LogP contribution in [0.5, 0.6) is 0 Å². The Morgan fingerprint density at radius 2 is 1.21 bits per heavy atom. The number of nitrogens with two attached hydrogens (primary N) is 1. The van der Waals surface area contributed by atoms with Crippen molar-refractivity contribution in [2.75, 3.05) is 54.4 Å². The Hall–Kier alpha value is -2.72. The Morgan fingerprint density at radius 3 is 1.62 bits per heavy atom. The van der Waals surface area contributed by atoms with E-state index in [2.05, 4.69) is 70.6 Å². The van der Waals surface area contributed by atoms with E-state index < -0.39 is 19.1 Å². The molecule has 6 rings (SSSR count). The lowest BCUT2D eigenvalue weighted by molar-refractivity contribution is -0.117. The van der Waals surface area contributed by atoms with Crippen LogP contribution in [0.4, 0.5) is 11.4 Å². The highest BCUT2D eigenvalue weighted by molar-refractivity contribution is 9.10. The molecule has 340 valence electrons. The number of halogens is 6. The van der Waals surface area contributed by atoms with Crippen molar-refractivity contribution < 1.29 is 26.4 Å². The molecule has 0 saturated carbocycles. The molecule has 2 atom stereocenters. The van der Waals surface area contributed by atoms with Gasteiger partial charge in [0.2, 0.25) is 23.7 Å². The van der Waals surface area contributed by atoms with Gasteiger partial charge in [-0.3, -0.25) is 19.6 Å². The number of amides is 2. The summed E-state index contributed by atoms with van der Waals surface area (Å²) in [6.45, 7) is 14.7. The third-order valence-electron chi connectivity index (χ3n) is 9.43. The summed E-state index contributed by atoms with van der Waals surface area (Å²) in [5.74, 6) is 1.32. The Morgan fingerprint density at radius 1 is 0.787 bits per heavy atom. The van der Waals surface area contributed by atoms with Crippen molar-refractivity contribution in [3.05, 3.63) is 44.3 Å². The molecule has 4 aliphatic rings. The van der Waals surface area contributed by atoms with E-state index in [4.69, 9.17) is 39.6 Å². The first-order valence-electron chi connectivity index (χ1n) is 19.0. The van der Waals surface area contributed by atoms with E-state index in [1.165, 1.54) is 19.9 Å². The summed E-state index contributed by atoms with van der Waals surface area (Å²) in [5, 5.41) is 12.0. The highest BCUT2D eigenvalue weighted by Gasteiger charge is 2.31. The summed E-state index contributed by atoms with van der Waals surface area (Å²) < 4.78 is 52.4. The molecule has 0 bridgehead atoms. The molecular formula is C37H52Br2Cl4N10O6S2. The average Bonchev–Trinajstić information content (AvgIpc) is 4.00. The highest BCUT2D eigenvalue weighted by Crippen LogP contribution is 2.37. The number of alkyl halides is 2. The predicted molar refractivity (Wildman–Crippen MR) is 257 cm³/mol. The lowest BCUT2D eigenvalue weighted by Gasteiger charge is -2.20. The van der Waals surface area contributed by atoms with Gasteiger partial charge in [-0.05, 0) is 107 Å². The fourth-order valence-electron chi connectivity index (χ4n) is 6.30. The third kappa shape index (κ3) is 14.9. The Balaban J connectivity index is 0.000000330. The first-order valence-corrected chi connectivity index (χ1v) is 25.5. The number of hydrazone groups is 2. The molecule has 0 aliphatic carbocycles. The number of carbonyl (C=O) groups is 2. The zero-order chi connectivity index (χ0) is 44.9. The molecule has 0 saturated heterocycles. The molecule has 24 heteroatoms. The second kappa shape index (κ2) is 24.9. The van der Waals surface area contributed by atoms with Crippen LogP contribution in [0.2, 0.25) is 0 Å². The molecule has 2 unspecified atom stereocenters. The summed E-state index contributed by atoms with van der Waals surface area (Å²) in [7, 11) is -2.41. The van der Waals surface area contributed by atoms with Gasteiger partial charge in [-0.15, -0.1) is 35.6 Å². The number of aliphatic imine (C=N–C) groups is 2. The first-order chi connectivity index (χ1) is 28.3. The van der Waals surface area contributed by atoms with Gasteiger partial charge in [-0.2, -0.15) is 10.2 Å². The number of rotatable bonds is 7. The molecule has 0 radical (unpaired) electrons. The van der Waals surface area contributed by atoms with Gasteiger partial charge in [-0.25, -0.2) is 31.6 Å². The van der Waals surface area contributed by atoms with E-state index in [0.717, 1.165) is 36.9 Å². The van der Waals surface area contributed by atoms with Crippen LogP contribution in [-0.2, 0) is 41.5 Å². The van der Waals surface area contributed by atoms with Gasteiger partial charge >= 0.3 is 0 Å². The van der Waals surface area contributed by atoms with Crippen LogP contribution in [0.15, 0.2) is 63.2 Å². The number of anilines is 2. The minimum atomic E-state index is -3.93. The molecule has 2 aromatic rings. The van der Waals surface area contributed by atoms with Crippen molar-refractivity contribution >= 4 is 145 Å². The maximum atomic E-state index is 13.1. The van der Waals surface area contributed by atoms with Gasteiger partial charge in [0.05, 0.1) is 23.3 Å². The van der Waals surface area contributed by atoms with E-state index in [-0.39, 0.29) is 51.2 Å². The lowest BCUT2D eigenvalue weighted by Crippen LogP contribution is -2.41. The van der Waals surface area contributed by atoms with E-state index in [1.807, 2.05) is 26.3 Å². The van der Waals surface area contributed by atoms with Crippen molar-refractivity contribution in [3.63, 3.8) is 0 Å². The number of carbonyl (C=O) groups excluding carboxylic acids is 2. The van der Waals surface area contributed by atoms with Gasteiger partial charge in [-0.1, -0.05) is 13.8 Å². The molecule has 3 N–H and O–H groups in total. The highest BCUT2D eigenvalue weighted by atomic mass is 79.9. The van der Waals surface area contributed by atoms with Crippen molar-refractivity contribution in [1.29, 1.82) is 0 Å². The number of guanidine groups is 2. The Labute approximate surface area is 396 Å². The summed E-state index contributed by atoms with van der Waals surface area (Å²) in [6, 6.07) is 6.45. The van der Waals surface area contributed by atoms with E-state index in [1.54, 1.807) is 38.0 Å². The summed E-state index contributed by atoms with van der Waals surface area (Å²) in [4.78, 5) is 34.8. The van der Waals surface area contributed by atoms with Gasteiger partial charge in [0.15, 0.2) is 0 Å². The molecule has 0 fully saturated rings. The van der Waals surface area contributed by atoms with E-state index >= 15 is 0 Å². The lowest BCUT2D eigenvalue weighted by atomic mass is 10.1. The van der Waals surface area contributed by atoms with Crippen LogP contribution >= 0.6 is 78.2 Å². The minimum absolute atomic E-state index is 0. The molecule has 0 spiro atoms. The standard InChI is InChI=1S/C18H24BrN5O3S.C10H9BrClNO3S.C8H16N4.CH2Cl2.ClH/c1-4-13-10-21-24(11-13)18(20-5-2)22-28(26,27)17-9-16-14(8-15(17)19)6-7-23(16)12(3)25;1-6(14)13-3-2-7-4-8(11)10(5-9(7)13)17(12,15)16;1-3-7-5-11-12(6-7)8(9)10-4-2;2-1-3;/h8-10,13H,4-7,11H2,1-3H3,(H,20,22);4-5H,2-3H2,1H3;5,7H,3-4,6H2,1-2H3,(H2,9,10);1H2;1H. The predicted octanol–water partition coefficient (Wildman–Crippen LogP) is 7.12. The number of benzene rings is 2. The van der Waals surface area contributed by atoms with Crippen LogP contribution < -0.4 is 20.3 Å². The van der Waals surface area contributed by atoms with Crippen molar-refractivity contribution in [2.24, 2.45) is 37.8 Å². The average molecular weight is 1100 g/mol. The second-order valence-electron chi connectivity index (χ2n) is 13.5. The maximum absolute atomic E-state index is 13.1. The topological polar surface area (TPSA) is 203 Å². The monoisotopic (exact) mass is 1090 g/mol. The number of sulfonamides is 1. The SMILES string of the molecule is CC(=O)N1CCc2cc(Br)c(S(=O)(=O)Cl)cc21.CCN=C(N)N1CC(CC)C=N1.CCN=C(NS(=O)(=O)c1cc2c(cc1Br)CCN2C(C)=O)N1CC(CC)C=N1.Cl.ClCCl. The number of hydrogen-bond acceptors (Lipinski definition) is 10. The zero-order valence-corrected chi connectivity index (χ0v) is 42.5. The summed E-state index contributed by atoms with van der Waals surface area (Å²) in [5.41, 5.74) is 8.81. The van der Waals surface area contributed by atoms with Crippen LogP contribution in [0, 0.1) is 11.8 Å². The molecule has 2 amide bonds. The summed E-state index contributed by atoms with van der Waals surface area (Å²) >= 11 is 16.1. The molecule has 0 aromatic heterocycles. The second-order valence-corrected chi connectivity index (χ2v) is 20.2. The van der Waals surface area contributed by atoms with Crippen LogP contribution in [0.1, 0.15) is 65.5 Å². The largest absolute Gasteiger partial charge is 0.368 e. The fraction of sp³-hybridized carbons (Fsp3) is 0.514. The molecule has 2 aromatic carbocycles. The summed E-state index contributed by atoms with van der Waals surface area (Å²) in [6.07, 6.45) is 7.21. The Bertz CT molecular complexity index is 2220. The van der Waals surface area contributed by atoms with Gasteiger partial charge < -0.3 is 15.5 Å². The fourth-order valence-corrected chi connectivity index (χ4v) is 10.7. The number of fused-ring (bicyclic) bond motifs is 2. The number of nitrogens with zero attached hydrogens (tertiary/aromatic N) is 8. The smallest absolute Gasteiger partial charge is 0.265 e. The third-order valence-corrected chi connectivity index (χ3v) is 14.0. The van der Waals surface area contributed by atoms with Crippen molar-refractivity contribution in [2.45, 2.75) is 77.0 Å². The molecule has 4 heterocycles. The van der Waals surface area contributed by atoms with Gasteiger partial charge in [0.1, 0.15) is 4.90 Å². The zero-order valence-electron chi connectivity index (χ0n) is 34.6. The molecule has 61 heavy (non-hydrogen) atoms. The number of hydrogen-bond donors (Lipinski definition) is 2. The first kappa shape index (κ1) is 54.4. The van der Waals surface area contributed by atoms with E-state index in [9.17, 15) is 26.4 Å². The number of nitrogens with one attached hydrogen (secondary N) is 1. The van der Waals surface area contributed by atoms with Crippen LogP contribution in [-0.4, -0.2) is 108 Å².